The molecule has 0 saturated carbocycles. The lowest BCUT2D eigenvalue weighted by atomic mass is 10.1. The van der Waals surface area contributed by atoms with Gasteiger partial charge in [-0.2, -0.15) is 0 Å². The molecule has 0 spiro atoms. The molecule has 254 valence electrons. The zero-order valence-corrected chi connectivity index (χ0v) is 24.2. The normalized spacial score (nSPS) is 27.0. The van der Waals surface area contributed by atoms with E-state index in [-0.39, 0.29) is 29.2 Å². The van der Waals surface area contributed by atoms with Gasteiger partial charge < -0.3 is 57.1 Å². The Bertz CT molecular complexity index is 1550. The molecule has 0 aromatic carbocycles. The number of aromatic amines is 2. The fourth-order valence-electron chi connectivity index (χ4n) is 4.51. The van der Waals surface area contributed by atoms with Crippen LogP contribution >= 0.6 is 0 Å². The smallest absolute Gasteiger partial charge is 0.330 e. The van der Waals surface area contributed by atoms with Crippen molar-refractivity contribution in [2.45, 2.75) is 75.3 Å². The summed E-state index contributed by atoms with van der Waals surface area (Å²) in [6.07, 6.45) is -7.56. The average molecular weight is 651 g/mol. The average Bonchev–Trinajstić information content (AvgIpc) is 3.41. The number of methoxy groups -OCH3 is 1. The molecular formula is C24H38N6O15. The highest BCUT2D eigenvalue weighted by Crippen LogP contribution is 2.30. The maximum Gasteiger partial charge on any atom is 0.330 e. The van der Waals surface area contributed by atoms with E-state index in [0.29, 0.717) is 6.42 Å². The van der Waals surface area contributed by atoms with Crippen molar-refractivity contribution >= 4 is 11.9 Å². The summed E-state index contributed by atoms with van der Waals surface area (Å²) in [5.74, 6) is -1.41. The maximum absolute atomic E-state index is 11.9. The molecule has 21 heteroatoms. The molecular weight excluding hydrogens is 612 g/mol. The molecule has 2 aliphatic heterocycles. The van der Waals surface area contributed by atoms with Crippen LogP contribution in [-0.2, 0) is 36.6 Å². The lowest BCUT2D eigenvalue weighted by Gasteiger charge is -2.17. The third-order valence-electron chi connectivity index (χ3n) is 6.82. The number of H-pyrrole nitrogens is 2. The molecule has 14 N–H and O–H groups in total. The van der Waals surface area contributed by atoms with Crippen molar-refractivity contribution in [3.05, 3.63) is 65.2 Å². The fraction of sp³-hybridized carbons (Fsp3) is 0.583. The van der Waals surface area contributed by atoms with Crippen LogP contribution in [-0.4, -0.2) is 112 Å². The van der Waals surface area contributed by atoms with E-state index in [1.54, 1.807) is 6.92 Å². The first kappa shape index (κ1) is 39.0. The summed E-state index contributed by atoms with van der Waals surface area (Å²) in [6, 6.07) is 0. The molecule has 2 aromatic rings. The molecule has 4 rings (SSSR count). The molecule has 8 atom stereocenters. The number of rotatable bonds is 8. The van der Waals surface area contributed by atoms with E-state index in [0.717, 1.165) is 21.5 Å². The van der Waals surface area contributed by atoms with E-state index in [9.17, 15) is 49.2 Å². The number of aromatic nitrogens is 4. The zero-order valence-electron chi connectivity index (χ0n) is 24.2. The van der Waals surface area contributed by atoms with E-state index in [1.165, 1.54) is 7.11 Å². The van der Waals surface area contributed by atoms with Crippen molar-refractivity contribution in [1.29, 1.82) is 0 Å². The van der Waals surface area contributed by atoms with Crippen LogP contribution in [0, 0.1) is 0 Å². The molecule has 2 fully saturated rings. The van der Waals surface area contributed by atoms with Crippen molar-refractivity contribution in [1.82, 2.24) is 25.3 Å². The minimum absolute atomic E-state index is 0. The van der Waals surface area contributed by atoms with Gasteiger partial charge in [-0.05, 0) is 6.42 Å². The molecule has 0 aliphatic carbocycles. The summed E-state index contributed by atoms with van der Waals surface area (Å²) in [7, 11) is 1.18. The third-order valence-corrected chi connectivity index (χ3v) is 6.82. The van der Waals surface area contributed by atoms with Gasteiger partial charge in [0.05, 0.1) is 32.7 Å². The number of aliphatic hydroxyl groups excluding tert-OH is 5. The van der Waals surface area contributed by atoms with Crippen LogP contribution in [0.1, 0.15) is 36.9 Å². The van der Waals surface area contributed by atoms with Gasteiger partial charge in [-0.1, -0.05) is 6.92 Å². The van der Waals surface area contributed by atoms with E-state index in [4.69, 9.17) is 20.3 Å². The summed E-state index contributed by atoms with van der Waals surface area (Å²) in [4.78, 5) is 73.1. The predicted molar refractivity (Wildman–Crippen MR) is 149 cm³/mol. The third kappa shape index (κ3) is 8.56. The van der Waals surface area contributed by atoms with Crippen LogP contribution in [0.4, 0.5) is 0 Å². The molecule has 21 nitrogen and oxygen atoms in total. The Balaban J connectivity index is 0.000000431. The number of nitrogens with two attached hydrogens (primary N) is 1. The van der Waals surface area contributed by atoms with Crippen LogP contribution in [0.3, 0.4) is 0 Å². The maximum atomic E-state index is 11.9. The Hall–Kier alpha value is -4.06. The fourth-order valence-corrected chi connectivity index (χ4v) is 4.51. The van der Waals surface area contributed by atoms with Gasteiger partial charge in [0.1, 0.15) is 30.5 Å². The van der Waals surface area contributed by atoms with Crippen LogP contribution < -0.4 is 34.4 Å². The molecule has 2 saturated heterocycles. The minimum Gasteiger partial charge on any atom is -0.469 e. The highest BCUT2D eigenvalue weighted by Gasteiger charge is 2.44. The molecule has 4 heterocycles. The summed E-state index contributed by atoms with van der Waals surface area (Å²) in [5, 5.41) is 48.4. The summed E-state index contributed by atoms with van der Waals surface area (Å²) < 4.78 is 16.9. The largest absolute Gasteiger partial charge is 0.469 e. The van der Waals surface area contributed by atoms with Crippen molar-refractivity contribution in [3.8, 4) is 0 Å². The number of aliphatic hydroxyl groups is 5. The summed E-state index contributed by atoms with van der Waals surface area (Å²) in [5.41, 5.74) is 1.73. The quantitative estimate of drug-likeness (QED) is 0.120. The second kappa shape index (κ2) is 16.3. The molecule has 0 radical (unpaired) electrons. The van der Waals surface area contributed by atoms with Crippen LogP contribution in [0.2, 0.25) is 0 Å². The van der Waals surface area contributed by atoms with Crippen LogP contribution in [0.5, 0.6) is 0 Å². The molecule has 2 aliphatic rings. The Morgan fingerprint density at radius 3 is 1.62 bits per heavy atom. The standard InChI is InChI=1S/C13H18N2O7.C11H15N3O7.H3N.H2O/c1-3-7-9(17)10(18)12(22-7)15-5-6(4-8(16)21-2)11(19)14-13(15)20;12-6(16)1-4-2-14(11(20)13-9(4)19)10-8(18)7(17)5(3-15)21-10;;/h5,7,9-10,12,17-18H,3-4H2,1-2H3,(H,14,19,20);2,5,7-8,10,15,17-18H,1,3H2,(H2,12,16)(H,13,19,20);1H3;1H2/t7-,9?,10+,12-;5-,7?,8+,10-;;/m11../s1. The van der Waals surface area contributed by atoms with Gasteiger partial charge in [-0.25, -0.2) is 9.59 Å². The van der Waals surface area contributed by atoms with Gasteiger partial charge in [0.25, 0.3) is 11.1 Å². The lowest BCUT2D eigenvalue weighted by Crippen LogP contribution is -2.39. The zero-order chi connectivity index (χ0) is 32.2. The number of carbonyl (C=O) groups excluding carboxylic acids is 2. The number of nitrogens with one attached hydrogen (secondary N) is 2. The number of carbonyl (C=O) groups is 2. The number of primary amides is 1. The number of esters is 1. The molecule has 45 heavy (non-hydrogen) atoms. The van der Waals surface area contributed by atoms with Crippen molar-refractivity contribution in [2.24, 2.45) is 5.73 Å². The van der Waals surface area contributed by atoms with E-state index in [1.807, 2.05) is 4.98 Å². The highest BCUT2D eigenvalue weighted by atomic mass is 16.6. The topological polar surface area (TPSA) is 365 Å². The minimum atomic E-state index is -1.48. The van der Waals surface area contributed by atoms with Crippen LogP contribution in [0.15, 0.2) is 31.6 Å². The van der Waals surface area contributed by atoms with Gasteiger partial charge in [-0.15, -0.1) is 0 Å². The van der Waals surface area contributed by atoms with Crippen molar-refractivity contribution in [3.63, 3.8) is 0 Å². The lowest BCUT2D eigenvalue weighted by molar-refractivity contribution is -0.139. The van der Waals surface area contributed by atoms with Gasteiger partial charge in [0.2, 0.25) is 5.91 Å². The van der Waals surface area contributed by atoms with Gasteiger partial charge in [-0.3, -0.25) is 38.3 Å². The van der Waals surface area contributed by atoms with Gasteiger partial charge >= 0.3 is 17.3 Å². The first-order chi connectivity index (χ1) is 20.2. The number of hydrogen-bond acceptors (Lipinski definition) is 15. The number of nitrogens with zero attached hydrogens (tertiary/aromatic N) is 2. The Kier molecular flexibility index (Phi) is 14.1. The predicted octanol–water partition coefficient (Wildman–Crippen LogP) is -6.21. The first-order valence-electron chi connectivity index (χ1n) is 12.9. The van der Waals surface area contributed by atoms with Crippen molar-refractivity contribution < 1.29 is 54.8 Å². The second-order valence-corrected chi connectivity index (χ2v) is 9.72. The van der Waals surface area contributed by atoms with E-state index >= 15 is 0 Å². The monoisotopic (exact) mass is 650 g/mol. The summed E-state index contributed by atoms with van der Waals surface area (Å²) >= 11 is 0. The number of ether oxygens (including phenoxy) is 3. The van der Waals surface area contributed by atoms with Crippen LogP contribution in [0.25, 0.3) is 0 Å². The molecule has 0 bridgehead atoms. The molecule has 1 amide bonds. The molecule has 2 unspecified atom stereocenters. The Labute approximate surface area is 252 Å². The molecule has 2 aromatic heterocycles. The van der Waals surface area contributed by atoms with Crippen molar-refractivity contribution in [2.75, 3.05) is 13.7 Å². The van der Waals surface area contributed by atoms with E-state index in [2.05, 4.69) is 9.72 Å². The second-order valence-electron chi connectivity index (χ2n) is 9.72. The number of hydrogen-bond donors (Lipinski definition) is 9. The van der Waals surface area contributed by atoms with Gasteiger partial charge in [0.15, 0.2) is 12.5 Å². The Morgan fingerprint density at radius 1 is 0.844 bits per heavy atom. The SMILES string of the molecule is CC[C@H]1O[C@@H](n2cc(CC(=O)OC)c(=O)[nH]c2=O)[C@@H](O)C1O.N.NC(=O)Cc1cn([C@@H]2O[C@H](CO)C(O)[C@@H]2O)c(=O)[nH]c1=O.O. The first-order valence-corrected chi connectivity index (χ1v) is 12.9. The van der Waals surface area contributed by atoms with E-state index < -0.39 is 96.5 Å². The highest BCUT2D eigenvalue weighted by molar-refractivity contribution is 5.76. The van der Waals surface area contributed by atoms with Gasteiger partial charge in [0, 0.05) is 23.5 Å². The number of amides is 1. The summed E-state index contributed by atoms with van der Waals surface area (Å²) in [6.45, 7) is 1.21. The Morgan fingerprint density at radius 2 is 1.27 bits per heavy atom.